The van der Waals surface area contributed by atoms with Gasteiger partial charge in [-0.05, 0) is 55.4 Å². The SMILES string of the molecule is Cn1c(N(CC2CC2)c2cc(CNC(=O)C3(C(F)(F)F)CC3)ccc2Cl)nc2cc(C(=O)O)c(OCC(F)F)cc21. The fourth-order valence-electron chi connectivity index (χ4n) is 4.72. The molecule has 2 aliphatic rings. The Hall–Kier alpha value is -3.61. The molecule has 0 bridgehead atoms. The lowest BCUT2D eigenvalue weighted by molar-refractivity contribution is -0.192. The van der Waals surface area contributed by atoms with Gasteiger partial charge in [0.15, 0.2) is 0 Å². The molecular weight excluding hydrogens is 575 g/mol. The third-order valence-electron chi connectivity index (χ3n) is 7.41. The van der Waals surface area contributed by atoms with Crippen molar-refractivity contribution in [2.75, 3.05) is 18.1 Å². The van der Waals surface area contributed by atoms with E-state index in [1.165, 1.54) is 12.1 Å². The summed E-state index contributed by atoms with van der Waals surface area (Å²) in [5.74, 6) is -1.96. The maximum absolute atomic E-state index is 13.3. The number of amides is 1. The van der Waals surface area contributed by atoms with Crippen molar-refractivity contribution in [3.05, 3.63) is 46.5 Å². The number of fused-ring (bicyclic) bond motifs is 1. The summed E-state index contributed by atoms with van der Waals surface area (Å²) >= 11 is 6.58. The molecule has 0 unspecified atom stereocenters. The molecular formula is C27H26ClF5N4O4. The van der Waals surface area contributed by atoms with E-state index in [4.69, 9.17) is 16.3 Å². The van der Waals surface area contributed by atoms with Gasteiger partial charge in [0.25, 0.3) is 6.43 Å². The molecule has 2 N–H and O–H groups in total. The van der Waals surface area contributed by atoms with Crippen molar-refractivity contribution in [2.24, 2.45) is 18.4 Å². The summed E-state index contributed by atoms with van der Waals surface area (Å²) in [7, 11) is 1.67. The van der Waals surface area contributed by atoms with Crippen LogP contribution in [0.1, 0.15) is 41.6 Å². The molecule has 220 valence electrons. The lowest BCUT2D eigenvalue weighted by atomic mass is 10.1. The maximum Gasteiger partial charge on any atom is 0.403 e. The van der Waals surface area contributed by atoms with Gasteiger partial charge in [0, 0.05) is 26.2 Å². The Morgan fingerprint density at radius 3 is 2.54 bits per heavy atom. The van der Waals surface area contributed by atoms with E-state index in [0.717, 1.165) is 12.8 Å². The van der Waals surface area contributed by atoms with Gasteiger partial charge in [-0.25, -0.2) is 18.6 Å². The molecule has 0 radical (unpaired) electrons. The fourth-order valence-corrected chi connectivity index (χ4v) is 4.94. The molecule has 2 aliphatic carbocycles. The summed E-state index contributed by atoms with van der Waals surface area (Å²) in [6.45, 7) is -0.634. The third kappa shape index (κ3) is 5.77. The number of halogens is 6. The Balaban J connectivity index is 1.48. The number of ether oxygens (including phenoxy) is 1. The van der Waals surface area contributed by atoms with Crippen molar-refractivity contribution in [1.29, 1.82) is 0 Å². The number of anilines is 2. The van der Waals surface area contributed by atoms with Crippen LogP contribution in [0.4, 0.5) is 33.6 Å². The number of carboxylic acids is 1. The molecule has 0 spiro atoms. The molecule has 0 atom stereocenters. The number of carbonyl (C=O) groups is 2. The molecule has 5 rings (SSSR count). The van der Waals surface area contributed by atoms with E-state index in [1.807, 2.05) is 4.90 Å². The molecule has 2 saturated carbocycles. The van der Waals surface area contributed by atoms with Crippen LogP contribution in [0.2, 0.25) is 5.02 Å². The monoisotopic (exact) mass is 600 g/mol. The molecule has 0 aliphatic heterocycles. The molecule has 41 heavy (non-hydrogen) atoms. The van der Waals surface area contributed by atoms with Crippen molar-refractivity contribution in [3.63, 3.8) is 0 Å². The van der Waals surface area contributed by atoms with Gasteiger partial charge in [-0.3, -0.25) is 4.79 Å². The first-order valence-corrected chi connectivity index (χ1v) is 13.2. The number of benzene rings is 2. The van der Waals surface area contributed by atoms with Gasteiger partial charge >= 0.3 is 12.1 Å². The maximum atomic E-state index is 13.3. The quantitative estimate of drug-likeness (QED) is 0.259. The van der Waals surface area contributed by atoms with Crippen molar-refractivity contribution in [3.8, 4) is 5.75 Å². The van der Waals surface area contributed by atoms with Crippen LogP contribution in [0.3, 0.4) is 0 Å². The van der Waals surface area contributed by atoms with Crippen LogP contribution in [0.5, 0.6) is 5.75 Å². The van der Waals surface area contributed by atoms with Gasteiger partial charge in [-0.1, -0.05) is 17.7 Å². The predicted molar refractivity (Wildman–Crippen MR) is 140 cm³/mol. The van der Waals surface area contributed by atoms with E-state index >= 15 is 0 Å². The van der Waals surface area contributed by atoms with Crippen LogP contribution < -0.4 is 15.0 Å². The highest BCUT2D eigenvalue weighted by Gasteiger charge is 2.68. The summed E-state index contributed by atoms with van der Waals surface area (Å²) in [5.41, 5.74) is -0.929. The topological polar surface area (TPSA) is 96.7 Å². The van der Waals surface area contributed by atoms with Crippen molar-refractivity contribution in [2.45, 2.75) is 44.8 Å². The van der Waals surface area contributed by atoms with E-state index in [2.05, 4.69) is 10.3 Å². The summed E-state index contributed by atoms with van der Waals surface area (Å²) < 4.78 is 72.3. The van der Waals surface area contributed by atoms with Crippen LogP contribution in [0.25, 0.3) is 11.0 Å². The van der Waals surface area contributed by atoms with Gasteiger partial charge in [0.05, 0.1) is 21.7 Å². The lowest BCUT2D eigenvalue weighted by Crippen LogP contribution is -2.40. The second-order valence-electron chi connectivity index (χ2n) is 10.4. The van der Waals surface area contributed by atoms with Gasteiger partial charge in [0.1, 0.15) is 23.3 Å². The van der Waals surface area contributed by atoms with Gasteiger partial charge in [-0.2, -0.15) is 13.2 Å². The first kappa shape index (κ1) is 28.9. The zero-order valence-corrected chi connectivity index (χ0v) is 22.5. The van der Waals surface area contributed by atoms with E-state index in [0.29, 0.717) is 40.2 Å². The molecule has 8 nitrogen and oxygen atoms in total. The van der Waals surface area contributed by atoms with E-state index < -0.39 is 36.5 Å². The van der Waals surface area contributed by atoms with Gasteiger partial charge < -0.3 is 24.6 Å². The summed E-state index contributed by atoms with van der Waals surface area (Å²) in [5, 5.41) is 12.3. The van der Waals surface area contributed by atoms with Crippen molar-refractivity contribution < 1.29 is 41.4 Å². The third-order valence-corrected chi connectivity index (χ3v) is 7.73. The second kappa shape index (κ2) is 10.7. The predicted octanol–water partition coefficient (Wildman–Crippen LogP) is 6.08. The van der Waals surface area contributed by atoms with Crippen LogP contribution in [0, 0.1) is 11.3 Å². The second-order valence-corrected chi connectivity index (χ2v) is 10.8. The van der Waals surface area contributed by atoms with E-state index in [9.17, 15) is 36.6 Å². The highest BCUT2D eigenvalue weighted by atomic mass is 35.5. The minimum atomic E-state index is -4.62. The Kier molecular flexibility index (Phi) is 7.51. The number of alkyl halides is 5. The average molecular weight is 601 g/mol. The first-order chi connectivity index (χ1) is 19.3. The Bertz CT molecular complexity index is 1500. The summed E-state index contributed by atoms with van der Waals surface area (Å²) in [6, 6.07) is 7.44. The smallest absolute Gasteiger partial charge is 0.403 e. The van der Waals surface area contributed by atoms with Crippen LogP contribution in [-0.2, 0) is 18.4 Å². The number of nitrogens with zero attached hydrogens (tertiary/aromatic N) is 3. The fraction of sp³-hybridized carbons (Fsp3) is 0.444. The number of hydrogen-bond acceptors (Lipinski definition) is 5. The highest BCUT2D eigenvalue weighted by Crippen LogP contribution is 2.57. The molecule has 1 amide bonds. The Morgan fingerprint density at radius 2 is 1.95 bits per heavy atom. The molecule has 14 heteroatoms. The highest BCUT2D eigenvalue weighted by molar-refractivity contribution is 6.33. The molecule has 1 aromatic heterocycles. The Morgan fingerprint density at radius 1 is 1.24 bits per heavy atom. The standard InChI is InChI=1S/C27H26ClF5N4O4/c1-36-20-10-21(41-13-22(29)30)16(23(38)39)9-18(20)35-25(36)37(12-14-2-3-14)19-8-15(4-5-17(19)28)11-34-24(40)26(6-7-26)27(31,32)33/h4-5,8-10,14,22H,2-3,6-7,11-13H2,1H3,(H,34,40)(H,38,39). The first-order valence-electron chi connectivity index (χ1n) is 12.9. The van der Waals surface area contributed by atoms with Crippen LogP contribution in [0.15, 0.2) is 30.3 Å². The van der Waals surface area contributed by atoms with Gasteiger partial charge in [0.2, 0.25) is 11.9 Å². The number of aromatic nitrogens is 2. The van der Waals surface area contributed by atoms with Crippen LogP contribution in [-0.4, -0.2) is 52.3 Å². The molecule has 2 fully saturated rings. The molecule has 2 aromatic carbocycles. The number of rotatable bonds is 11. The van der Waals surface area contributed by atoms with E-state index in [-0.39, 0.29) is 36.2 Å². The average Bonchev–Trinajstić information content (AvgIpc) is 3.83. The number of aromatic carboxylic acids is 1. The zero-order valence-electron chi connectivity index (χ0n) is 21.8. The summed E-state index contributed by atoms with van der Waals surface area (Å²) in [4.78, 5) is 30.6. The van der Waals surface area contributed by atoms with Crippen LogP contribution >= 0.6 is 11.6 Å². The van der Waals surface area contributed by atoms with Crippen molar-refractivity contribution >= 4 is 46.1 Å². The Labute approximate surface area is 236 Å². The number of aryl methyl sites for hydroxylation is 1. The number of carboxylic acid groups (broad SMARTS) is 1. The molecule has 0 saturated heterocycles. The lowest BCUT2D eigenvalue weighted by Gasteiger charge is -2.26. The zero-order chi connectivity index (χ0) is 29.7. The number of nitrogens with one attached hydrogen (secondary N) is 1. The number of hydrogen-bond donors (Lipinski definition) is 2. The summed E-state index contributed by atoms with van der Waals surface area (Å²) in [6.07, 6.45) is -5.98. The van der Waals surface area contributed by atoms with Crippen molar-refractivity contribution in [1.82, 2.24) is 14.9 Å². The van der Waals surface area contributed by atoms with E-state index in [1.54, 1.807) is 29.8 Å². The largest absolute Gasteiger partial charge is 0.487 e. The normalized spacial score (nSPS) is 16.2. The molecule has 1 heterocycles. The number of imidazole rings is 1. The minimum Gasteiger partial charge on any atom is -0.487 e. The minimum absolute atomic E-state index is 0.145. The van der Waals surface area contributed by atoms with Gasteiger partial charge in [-0.15, -0.1) is 0 Å². The molecule has 3 aromatic rings. The number of carbonyl (C=O) groups excluding carboxylic acids is 1.